The van der Waals surface area contributed by atoms with E-state index in [1.165, 1.54) is 17.7 Å². The van der Waals surface area contributed by atoms with Crippen molar-refractivity contribution < 1.29 is 18.7 Å². The highest BCUT2D eigenvalue weighted by Crippen LogP contribution is 2.15. The van der Waals surface area contributed by atoms with Crippen LogP contribution in [0.15, 0.2) is 41.1 Å². The Labute approximate surface area is 187 Å². The molecular weight excluding hydrogens is 417 g/mol. The molecule has 2 saturated heterocycles. The van der Waals surface area contributed by atoms with Crippen LogP contribution in [0.2, 0.25) is 0 Å². The molecule has 0 saturated carbocycles. The first kappa shape index (κ1) is 22.4. The molecule has 4 rings (SSSR count). The van der Waals surface area contributed by atoms with Gasteiger partial charge >= 0.3 is 0 Å². The lowest BCUT2D eigenvalue weighted by Gasteiger charge is -2.36. The minimum Gasteiger partial charge on any atom is -0.379 e. The lowest BCUT2D eigenvalue weighted by Crippen LogP contribution is -2.50. The van der Waals surface area contributed by atoms with Crippen LogP contribution < -0.4 is 0 Å². The van der Waals surface area contributed by atoms with E-state index in [0.29, 0.717) is 25.3 Å². The van der Waals surface area contributed by atoms with Gasteiger partial charge in [-0.2, -0.15) is 11.3 Å². The summed E-state index contributed by atoms with van der Waals surface area (Å²) in [5.41, 5.74) is 1.69. The summed E-state index contributed by atoms with van der Waals surface area (Å²) in [4.78, 5) is 19.7. The number of amides is 1. The molecule has 0 N–H and O–H groups in total. The van der Waals surface area contributed by atoms with Crippen molar-refractivity contribution in [1.82, 2.24) is 14.7 Å². The first-order chi connectivity index (χ1) is 15.2. The van der Waals surface area contributed by atoms with Crippen LogP contribution in [0.5, 0.6) is 0 Å². The number of ether oxygens (including phenoxy) is 2. The number of carbonyl (C=O) groups excluding carboxylic acids is 1. The lowest BCUT2D eigenvalue weighted by molar-refractivity contribution is -0.0443. The number of benzene rings is 1. The number of thiophene rings is 1. The second kappa shape index (κ2) is 11.2. The average molecular weight is 448 g/mol. The van der Waals surface area contributed by atoms with Gasteiger partial charge in [0.1, 0.15) is 5.82 Å². The molecule has 1 atom stereocenters. The molecule has 3 heterocycles. The summed E-state index contributed by atoms with van der Waals surface area (Å²) < 4.78 is 25.2. The Morgan fingerprint density at radius 3 is 2.77 bits per heavy atom. The summed E-state index contributed by atoms with van der Waals surface area (Å²) in [5.74, 6) is -0.541. The van der Waals surface area contributed by atoms with Gasteiger partial charge in [-0.25, -0.2) is 4.39 Å². The van der Waals surface area contributed by atoms with Crippen LogP contribution in [0, 0.1) is 5.82 Å². The number of nitrogens with zero attached hydrogens (tertiary/aromatic N) is 3. The van der Waals surface area contributed by atoms with E-state index < -0.39 is 5.82 Å². The van der Waals surface area contributed by atoms with Gasteiger partial charge in [-0.1, -0.05) is 6.07 Å². The first-order valence-electron chi connectivity index (χ1n) is 10.9. The van der Waals surface area contributed by atoms with Crippen molar-refractivity contribution >= 4 is 17.2 Å². The van der Waals surface area contributed by atoms with Gasteiger partial charge < -0.3 is 14.4 Å². The van der Waals surface area contributed by atoms with Crippen LogP contribution in [0.4, 0.5) is 4.39 Å². The van der Waals surface area contributed by atoms with Crippen LogP contribution in [0.25, 0.3) is 0 Å². The molecule has 1 aromatic heterocycles. The Morgan fingerprint density at radius 2 is 2.00 bits per heavy atom. The predicted octanol–water partition coefficient (Wildman–Crippen LogP) is 2.56. The van der Waals surface area contributed by atoms with Gasteiger partial charge in [0.05, 0.1) is 25.9 Å². The molecule has 2 aliphatic rings. The summed E-state index contributed by atoms with van der Waals surface area (Å²) in [7, 11) is 0. The monoisotopic (exact) mass is 447 g/mol. The van der Waals surface area contributed by atoms with E-state index >= 15 is 0 Å². The Kier molecular flexibility index (Phi) is 8.04. The van der Waals surface area contributed by atoms with Crippen molar-refractivity contribution in [3.63, 3.8) is 0 Å². The van der Waals surface area contributed by atoms with Crippen molar-refractivity contribution in [3.05, 3.63) is 58.0 Å². The Hall–Kier alpha value is -1.84. The molecule has 8 heteroatoms. The SMILES string of the molecule is O=C(c1cccc(F)c1)N(CCN1CCOCC1)CC1CN(Cc2ccsc2)CCO1. The van der Waals surface area contributed by atoms with Gasteiger partial charge in [-0.3, -0.25) is 14.6 Å². The molecule has 2 aliphatic heterocycles. The molecule has 1 amide bonds. The molecule has 0 radical (unpaired) electrons. The van der Waals surface area contributed by atoms with Gasteiger partial charge in [0, 0.05) is 57.9 Å². The molecule has 0 bridgehead atoms. The fourth-order valence-corrected chi connectivity index (χ4v) is 4.75. The van der Waals surface area contributed by atoms with E-state index in [4.69, 9.17) is 9.47 Å². The zero-order chi connectivity index (χ0) is 21.5. The van der Waals surface area contributed by atoms with Gasteiger partial charge in [0.15, 0.2) is 0 Å². The number of halogens is 1. The quantitative estimate of drug-likeness (QED) is 0.623. The van der Waals surface area contributed by atoms with Crippen LogP contribution in [0.1, 0.15) is 15.9 Å². The molecule has 2 aromatic rings. The van der Waals surface area contributed by atoms with Crippen LogP contribution >= 0.6 is 11.3 Å². The summed E-state index contributed by atoms with van der Waals surface area (Å²) in [6, 6.07) is 8.09. The maximum Gasteiger partial charge on any atom is 0.254 e. The summed E-state index contributed by atoms with van der Waals surface area (Å²) >= 11 is 1.71. The first-order valence-corrected chi connectivity index (χ1v) is 11.8. The van der Waals surface area contributed by atoms with Crippen LogP contribution in [0.3, 0.4) is 0 Å². The van der Waals surface area contributed by atoms with E-state index in [1.807, 2.05) is 4.90 Å². The lowest BCUT2D eigenvalue weighted by atomic mass is 10.1. The highest BCUT2D eigenvalue weighted by molar-refractivity contribution is 7.07. The van der Waals surface area contributed by atoms with E-state index in [0.717, 1.165) is 52.5 Å². The molecule has 168 valence electrons. The molecule has 0 aliphatic carbocycles. The van der Waals surface area contributed by atoms with E-state index in [2.05, 4.69) is 26.6 Å². The highest BCUT2D eigenvalue weighted by Gasteiger charge is 2.26. The topological polar surface area (TPSA) is 45.2 Å². The number of rotatable bonds is 8. The average Bonchev–Trinajstić information content (AvgIpc) is 3.30. The van der Waals surface area contributed by atoms with Crippen LogP contribution in [-0.4, -0.2) is 92.3 Å². The fraction of sp³-hybridized carbons (Fsp3) is 0.522. The predicted molar refractivity (Wildman–Crippen MR) is 119 cm³/mol. The van der Waals surface area contributed by atoms with Crippen molar-refractivity contribution in [1.29, 1.82) is 0 Å². The maximum absolute atomic E-state index is 13.7. The molecule has 2 fully saturated rings. The third-order valence-electron chi connectivity index (χ3n) is 5.78. The smallest absolute Gasteiger partial charge is 0.254 e. The van der Waals surface area contributed by atoms with Crippen molar-refractivity contribution in [3.8, 4) is 0 Å². The maximum atomic E-state index is 13.7. The van der Waals surface area contributed by atoms with Gasteiger partial charge in [0.2, 0.25) is 0 Å². The van der Waals surface area contributed by atoms with Gasteiger partial charge in [0.25, 0.3) is 5.91 Å². The number of hydrogen-bond acceptors (Lipinski definition) is 6. The Balaban J connectivity index is 1.40. The van der Waals surface area contributed by atoms with E-state index in [9.17, 15) is 9.18 Å². The molecule has 0 spiro atoms. The van der Waals surface area contributed by atoms with E-state index in [1.54, 1.807) is 23.5 Å². The van der Waals surface area contributed by atoms with Crippen molar-refractivity contribution in [2.45, 2.75) is 12.6 Å². The number of hydrogen-bond donors (Lipinski definition) is 0. The van der Waals surface area contributed by atoms with Gasteiger partial charge in [-0.15, -0.1) is 0 Å². The second-order valence-electron chi connectivity index (χ2n) is 8.08. The van der Waals surface area contributed by atoms with Crippen molar-refractivity contribution in [2.24, 2.45) is 0 Å². The van der Waals surface area contributed by atoms with Crippen LogP contribution in [-0.2, 0) is 16.0 Å². The molecule has 1 unspecified atom stereocenters. The summed E-state index contributed by atoms with van der Waals surface area (Å²) in [6.07, 6.45) is -0.0606. The highest BCUT2D eigenvalue weighted by atomic mass is 32.1. The molecule has 6 nitrogen and oxygen atoms in total. The Morgan fingerprint density at radius 1 is 1.16 bits per heavy atom. The normalized spacial score (nSPS) is 20.6. The summed E-state index contributed by atoms with van der Waals surface area (Å²) in [5, 5.41) is 4.27. The zero-order valence-electron chi connectivity index (χ0n) is 17.7. The van der Waals surface area contributed by atoms with Crippen molar-refractivity contribution in [2.75, 3.05) is 65.6 Å². The molecular formula is C23H30FN3O3S. The minimum absolute atomic E-state index is 0.0606. The fourth-order valence-electron chi connectivity index (χ4n) is 4.09. The third kappa shape index (κ3) is 6.57. The zero-order valence-corrected chi connectivity index (χ0v) is 18.6. The number of morpholine rings is 2. The standard InChI is InChI=1S/C23H30FN3O3S/c24-21-3-1-2-20(14-21)23(28)27(6-5-25-7-10-29-11-8-25)17-22-16-26(9-12-30-22)15-19-4-13-31-18-19/h1-4,13-14,18,22H,5-12,15-17H2. The summed E-state index contributed by atoms with van der Waals surface area (Å²) in [6.45, 7) is 8.26. The number of carbonyl (C=O) groups is 1. The largest absolute Gasteiger partial charge is 0.379 e. The minimum atomic E-state index is -0.394. The second-order valence-corrected chi connectivity index (χ2v) is 8.86. The third-order valence-corrected chi connectivity index (χ3v) is 6.51. The van der Waals surface area contributed by atoms with Gasteiger partial charge in [-0.05, 0) is 40.6 Å². The van der Waals surface area contributed by atoms with E-state index in [-0.39, 0.29) is 12.0 Å². The Bertz CT molecular complexity index is 829. The molecule has 1 aromatic carbocycles. The molecule has 31 heavy (non-hydrogen) atoms.